The van der Waals surface area contributed by atoms with E-state index in [9.17, 15) is 30.7 Å². The van der Waals surface area contributed by atoms with Gasteiger partial charge in [0.25, 0.3) is 0 Å². The Balaban J connectivity index is 1.79. The first-order valence-corrected chi connectivity index (χ1v) is 9.84. The van der Waals surface area contributed by atoms with Crippen LogP contribution < -0.4 is 4.74 Å². The van der Waals surface area contributed by atoms with E-state index in [-0.39, 0.29) is 22.4 Å². The highest BCUT2D eigenvalue weighted by Crippen LogP contribution is 2.33. The maximum Gasteiger partial charge on any atom is 0.458 e. The lowest BCUT2D eigenvalue weighted by Crippen LogP contribution is -2.21. The minimum absolute atomic E-state index is 0.00705. The first-order chi connectivity index (χ1) is 15.5. The van der Waals surface area contributed by atoms with Crippen LogP contribution in [0.3, 0.4) is 0 Å². The van der Waals surface area contributed by atoms with Crippen LogP contribution in [-0.2, 0) is 12.5 Å². The summed E-state index contributed by atoms with van der Waals surface area (Å²) >= 11 is 0. The zero-order valence-electron chi connectivity index (χ0n) is 17.2. The Labute approximate surface area is 185 Å². The average Bonchev–Trinajstić information content (AvgIpc) is 2.73. The molecule has 172 valence electrons. The van der Waals surface area contributed by atoms with E-state index in [1.807, 2.05) is 6.92 Å². The summed E-state index contributed by atoms with van der Waals surface area (Å²) in [5, 5.41) is 0. The monoisotopic (exact) mass is 466 g/mol. The van der Waals surface area contributed by atoms with Gasteiger partial charge in [-0.25, -0.2) is 8.78 Å². The van der Waals surface area contributed by atoms with E-state index in [4.69, 9.17) is 4.74 Å². The molecule has 0 fully saturated rings. The molecule has 8 heteroatoms. The Morgan fingerprint density at radius 2 is 1.36 bits per heavy atom. The Morgan fingerprint density at radius 3 is 1.88 bits per heavy atom. The Morgan fingerprint density at radius 1 is 0.788 bits per heavy atom. The van der Waals surface area contributed by atoms with Crippen LogP contribution in [0.2, 0.25) is 0 Å². The first-order valence-electron chi connectivity index (χ1n) is 9.84. The van der Waals surface area contributed by atoms with Gasteiger partial charge in [-0.1, -0.05) is 43.5 Å². The van der Waals surface area contributed by atoms with Crippen molar-refractivity contribution in [2.75, 3.05) is 0 Å². The van der Waals surface area contributed by atoms with Gasteiger partial charge < -0.3 is 4.74 Å². The van der Waals surface area contributed by atoms with Crippen LogP contribution >= 0.6 is 0 Å². The number of aryl methyl sites for hydroxylation is 1. The molecule has 3 aromatic rings. The molecule has 0 unspecified atom stereocenters. The minimum atomic E-state index is -4.90. The fourth-order valence-electron chi connectivity index (χ4n) is 3.07. The summed E-state index contributed by atoms with van der Waals surface area (Å²) in [5.41, 5.74) is -0.182. The number of hydrogen-bond donors (Lipinski definition) is 0. The number of benzene rings is 3. The van der Waals surface area contributed by atoms with Gasteiger partial charge in [-0.15, -0.1) is 0 Å². The second-order valence-electron chi connectivity index (χ2n) is 7.15. The second-order valence-corrected chi connectivity index (χ2v) is 7.15. The van der Waals surface area contributed by atoms with Crippen LogP contribution in [0.1, 0.15) is 30.0 Å². The molecule has 33 heavy (non-hydrogen) atoms. The lowest BCUT2D eigenvalue weighted by atomic mass is 10.0. The van der Waals surface area contributed by atoms with Crippen molar-refractivity contribution in [3.8, 4) is 28.7 Å². The van der Waals surface area contributed by atoms with Crippen LogP contribution in [0, 0.1) is 23.5 Å². The van der Waals surface area contributed by atoms with Crippen molar-refractivity contribution in [1.29, 1.82) is 0 Å². The topological polar surface area (TPSA) is 9.23 Å². The highest BCUT2D eigenvalue weighted by molar-refractivity contribution is 5.65. The average molecular weight is 466 g/mol. The van der Waals surface area contributed by atoms with Gasteiger partial charge in [0.15, 0.2) is 0 Å². The van der Waals surface area contributed by atoms with Crippen molar-refractivity contribution in [3.63, 3.8) is 0 Å². The number of alkyl halides is 5. The first kappa shape index (κ1) is 24.2. The molecular formula is C25H17F7O. The molecule has 0 spiro atoms. The Hall–Kier alpha value is -3.47. The van der Waals surface area contributed by atoms with Gasteiger partial charge in [-0.3, -0.25) is 0 Å². The molecule has 0 saturated heterocycles. The van der Waals surface area contributed by atoms with Gasteiger partial charge in [0.2, 0.25) is 0 Å². The highest BCUT2D eigenvalue weighted by Gasteiger charge is 2.34. The third-order valence-electron chi connectivity index (χ3n) is 4.63. The molecule has 0 radical (unpaired) electrons. The van der Waals surface area contributed by atoms with E-state index in [1.54, 1.807) is 12.1 Å². The number of ether oxygens (including phenoxy) is 1. The number of rotatable bonds is 6. The van der Waals surface area contributed by atoms with Gasteiger partial charge in [0, 0.05) is 5.92 Å². The minimum Gasteiger partial charge on any atom is -0.429 e. The summed E-state index contributed by atoms with van der Waals surface area (Å²) in [4.78, 5) is 0. The highest BCUT2D eigenvalue weighted by atomic mass is 19.4. The molecule has 0 aliphatic carbocycles. The summed E-state index contributed by atoms with van der Waals surface area (Å²) in [5.74, 6) is -0.495. The Bertz CT molecular complexity index is 1150. The summed E-state index contributed by atoms with van der Waals surface area (Å²) in [6, 6.07) is 12.4. The second kappa shape index (κ2) is 9.57. The van der Waals surface area contributed by atoms with Crippen LogP contribution in [-0.4, -0.2) is 6.18 Å². The van der Waals surface area contributed by atoms with Crippen molar-refractivity contribution in [2.45, 2.75) is 32.1 Å². The van der Waals surface area contributed by atoms with E-state index >= 15 is 0 Å². The quantitative estimate of drug-likeness (QED) is 0.268. The van der Waals surface area contributed by atoms with Crippen molar-refractivity contribution < 1.29 is 35.5 Å². The summed E-state index contributed by atoms with van der Waals surface area (Å²) in [6.07, 6.45) is -6.85. The van der Waals surface area contributed by atoms with E-state index in [1.165, 1.54) is 42.3 Å². The van der Waals surface area contributed by atoms with E-state index in [2.05, 4.69) is 0 Å². The fourth-order valence-corrected chi connectivity index (χ4v) is 3.07. The lowest BCUT2D eigenvalue weighted by molar-refractivity contribution is -0.185. The van der Waals surface area contributed by atoms with Crippen molar-refractivity contribution >= 4 is 0 Å². The maximum absolute atomic E-state index is 14.5. The predicted octanol–water partition coefficient (Wildman–Crippen LogP) is 7.63. The molecule has 0 aliphatic heterocycles. The standard InChI is InChI=1S/C25H17F7O/c1-2-3-16-4-8-19(9-5-16)25(31,32)33-20-10-6-17(7-11-20)18-14-22(26)21(23(27)15-18)12-13-24(28,29)30/h4-11,14-15H,2-3H2,1H3. The summed E-state index contributed by atoms with van der Waals surface area (Å²) in [6.45, 7) is 1.98. The molecule has 0 amide bonds. The number of hydrogen-bond acceptors (Lipinski definition) is 1. The van der Waals surface area contributed by atoms with Crippen molar-refractivity contribution in [1.82, 2.24) is 0 Å². The maximum atomic E-state index is 14.5. The lowest BCUT2D eigenvalue weighted by Gasteiger charge is -2.19. The van der Waals surface area contributed by atoms with Crippen LogP contribution in [0.15, 0.2) is 60.7 Å². The summed E-state index contributed by atoms with van der Waals surface area (Å²) in [7, 11) is 0. The van der Waals surface area contributed by atoms with Gasteiger partial charge >= 0.3 is 12.3 Å². The van der Waals surface area contributed by atoms with Gasteiger partial charge in [-0.05, 0) is 59.5 Å². The molecule has 0 N–H and O–H groups in total. The normalized spacial score (nSPS) is 11.6. The molecule has 0 saturated carbocycles. The number of halogens is 7. The van der Waals surface area contributed by atoms with E-state index < -0.39 is 29.5 Å². The SMILES string of the molecule is CCCc1ccc(C(F)(F)Oc2ccc(-c3cc(F)c(C#CC(F)(F)F)c(F)c3)cc2)cc1. The molecule has 3 aromatic carbocycles. The van der Waals surface area contributed by atoms with Gasteiger partial charge in [0.1, 0.15) is 17.4 Å². The van der Waals surface area contributed by atoms with Gasteiger partial charge in [0.05, 0.1) is 11.1 Å². The summed E-state index contributed by atoms with van der Waals surface area (Å²) < 4.78 is 98.5. The zero-order valence-corrected chi connectivity index (χ0v) is 17.2. The Kier molecular flexibility index (Phi) is 7.01. The smallest absolute Gasteiger partial charge is 0.429 e. The van der Waals surface area contributed by atoms with Crippen molar-refractivity contribution in [3.05, 3.63) is 89.0 Å². The molecular weight excluding hydrogens is 449 g/mol. The van der Waals surface area contributed by atoms with Crippen LogP contribution in [0.5, 0.6) is 5.75 Å². The molecule has 3 rings (SSSR count). The third kappa shape index (κ3) is 6.28. The zero-order chi connectivity index (χ0) is 24.2. The largest absolute Gasteiger partial charge is 0.458 e. The van der Waals surface area contributed by atoms with Gasteiger partial charge in [-0.2, -0.15) is 22.0 Å². The molecule has 0 atom stereocenters. The van der Waals surface area contributed by atoms with Crippen LogP contribution in [0.25, 0.3) is 11.1 Å². The van der Waals surface area contributed by atoms with Crippen LogP contribution in [0.4, 0.5) is 30.7 Å². The molecule has 1 nitrogen and oxygen atoms in total. The van der Waals surface area contributed by atoms with E-state index in [0.29, 0.717) is 0 Å². The predicted molar refractivity (Wildman–Crippen MR) is 110 cm³/mol. The molecule has 0 aliphatic rings. The van der Waals surface area contributed by atoms with E-state index in [0.717, 1.165) is 36.5 Å². The molecule has 0 aromatic heterocycles. The van der Waals surface area contributed by atoms with Crippen molar-refractivity contribution in [2.24, 2.45) is 0 Å². The third-order valence-corrected chi connectivity index (χ3v) is 4.63. The molecule has 0 bridgehead atoms. The molecule has 0 heterocycles. The fraction of sp³-hybridized carbons (Fsp3) is 0.200.